The van der Waals surface area contributed by atoms with Crippen LogP contribution in [0, 0.1) is 11.3 Å². The lowest BCUT2D eigenvalue weighted by atomic mass is 9.72. The molecule has 0 radical (unpaired) electrons. The van der Waals surface area contributed by atoms with Gasteiger partial charge >= 0.3 is 0 Å². The van der Waals surface area contributed by atoms with Crippen molar-refractivity contribution in [2.45, 2.75) is 84.8 Å². The SMILES string of the molecule is CC(C)(C)C1C[C@H]2CC[C@@H](C1)N2C(C)(C)C. The summed E-state index contributed by atoms with van der Waals surface area (Å²) in [5, 5.41) is 0. The van der Waals surface area contributed by atoms with Crippen molar-refractivity contribution in [2.75, 3.05) is 0 Å². The van der Waals surface area contributed by atoms with Gasteiger partial charge in [-0.3, -0.25) is 4.90 Å². The molecular weight excluding hydrogens is 194 g/mol. The van der Waals surface area contributed by atoms with Crippen LogP contribution in [0.15, 0.2) is 0 Å². The first kappa shape index (κ1) is 12.4. The minimum absolute atomic E-state index is 0.370. The number of rotatable bonds is 0. The first-order valence-electron chi connectivity index (χ1n) is 6.98. The highest BCUT2D eigenvalue weighted by Gasteiger charge is 2.47. The zero-order valence-corrected chi connectivity index (χ0v) is 12.0. The number of piperidine rings is 1. The molecule has 1 unspecified atom stereocenters. The Balaban J connectivity index is 2.13. The molecule has 0 N–H and O–H groups in total. The van der Waals surface area contributed by atoms with Gasteiger partial charge < -0.3 is 0 Å². The lowest BCUT2D eigenvalue weighted by Crippen LogP contribution is -2.54. The molecule has 2 heterocycles. The molecule has 1 heteroatoms. The number of nitrogens with zero attached hydrogens (tertiary/aromatic N) is 1. The summed E-state index contributed by atoms with van der Waals surface area (Å²) in [6.45, 7) is 14.4. The van der Waals surface area contributed by atoms with Gasteiger partial charge in [-0.05, 0) is 57.8 Å². The summed E-state index contributed by atoms with van der Waals surface area (Å²) in [6, 6.07) is 1.73. The van der Waals surface area contributed by atoms with Gasteiger partial charge in [-0.25, -0.2) is 0 Å². The fourth-order valence-electron chi connectivity index (χ4n) is 3.98. The number of fused-ring (bicyclic) bond motifs is 2. The first-order valence-corrected chi connectivity index (χ1v) is 6.98. The largest absolute Gasteiger partial charge is 0.293 e. The van der Waals surface area contributed by atoms with E-state index >= 15 is 0 Å². The highest BCUT2D eigenvalue weighted by Crippen LogP contribution is 2.47. The molecule has 2 fully saturated rings. The van der Waals surface area contributed by atoms with Gasteiger partial charge in [0.15, 0.2) is 0 Å². The van der Waals surface area contributed by atoms with Gasteiger partial charge in [-0.15, -0.1) is 0 Å². The quantitative estimate of drug-likeness (QED) is 0.598. The Bertz CT molecular complexity index is 242. The molecule has 16 heavy (non-hydrogen) atoms. The van der Waals surface area contributed by atoms with Crippen LogP contribution in [-0.4, -0.2) is 22.5 Å². The molecule has 0 aromatic carbocycles. The first-order chi connectivity index (χ1) is 7.19. The molecule has 2 bridgehead atoms. The predicted octanol–water partition coefficient (Wildman–Crippen LogP) is 4.07. The smallest absolute Gasteiger partial charge is 0.0130 e. The highest BCUT2D eigenvalue weighted by molar-refractivity contribution is 5.01. The summed E-state index contributed by atoms with van der Waals surface area (Å²) in [4.78, 5) is 2.81. The van der Waals surface area contributed by atoms with E-state index in [9.17, 15) is 0 Å². The van der Waals surface area contributed by atoms with Crippen LogP contribution in [-0.2, 0) is 0 Å². The molecule has 2 aliphatic rings. The van der Waals surface area contributed by atoms with E-state index in [4.69, 9.17) is 0 Å². The third kappa shape index (κ3) is 2.16. The molecule has 2 rings (SSSR count). The summed E-state index contributed by atoms with van der Waals surface area (Å²) in [5.74, 6) is 0.934. The van der Waals surface area contributed by atoms with Gasteiger partial charge in [0.1, 0.15) is 0 Å². The van der Waals surface area contributed by atoms with Crippen molar-refractivity contribution in [3.05, 3.63) is 0 Å². The third-order valence-corrected chi connectivity index (χ3v) is 4.73. The maximum absolute atomic E-state index is 2.81. The molecular formula is C15H29N. The molecule has 0 amide bonds. The molecule has 1 nitrogen and oxygen atoms in total. The molecule has 0 saturated carbocycles. The number of hydrogen-bond donors (Lipinski definition) is 0. The fraction of sp³-hybridized carbons (Fsp3) is 1.00. The maximum atomic E-state index is 2.81. The standard InChI is InChI=1S/C15H29N/c1-14(2,3)11-9-12-7-8-13(10-11)16(12)15(4,5)6/h11-13H,7-10H2,1-6H3/t11?,12-,13+. The van der Waals surface area contributed by atoms with Gasteiger partial charge in [0.2, 0.25) is 0 Å². The zero-order valence-electron chi connectivity index (χ0n) is 12.0. The van der Waals surface area contributed by atoms with Crippen LogP contribution in [0.4, 0.5) is 0 Å². The van der Waals surface area contributed by atoms with Crippen molar-refractivity contribution >= 4 is 0 Å². The second-order valence-electron chi connectivity index (χ2n) is 8.00. The van der Waals surface area contributed by atoms with Crippen LogP contribution in [0.1, 0.15) is 67.2 Å². The lowest BCUT2D eigenvalue weighted by Gasteiger charge is -2.49. The van der Waals surface area contributed by atoms with Gasteiger partial charge in [0, 0.05) is 17.6 Å². The Morgan fingerprint density at radius 1 is 0.812 bits per heavy atom. The van der Waals surface area contributed by atoms with Crippen LogP contribution in [0.3, 0.4) is 0 Å². The van der Waals surface area contributed by atoms with E-state index in [2.05, 4.69) is 46.4 Å². The van der Waals surface area contributed by atoms with Crippen LogP contribution >= 0.6 is 0 Å². The Morgan fingerprint density at radius 2 is 1.25 bits per heavy atom. The van der Waals surface area contributed by atoms with Crippen LogP contribution < -0.4 is 0 Å². The van der Waals surface area contributed by atoms with E-state index < -0.39 is 0 Å². The molecule has 2 saturated heterocycles. The summed E-state index contributed by atoms with van der Waals surface area (Å²) in [7, 11) is 0. The average molecular weight is 223 g/mol. The second kappa shape index (κ2) is 3.73. The van der Waals surface area contributed by atoms with Crippen molar-refractivity contribution in [1.82, 2.24) is 4.90 Å². The molecule has 0 spiro atoms. The van der Waals surface area contributed by atoms with E-state index in [1.165, 1.54) is 25.7 Å². The minimum Gasteiger partial charge on any atom is -0.293 e. The summed E-state index contributed by atoms with van der Waals surface area (Å²) < 4.78 is 0. The molecule has 3 atom stereocenters. The second-order valence-corrected chi connectivity index (χ2v) is 8.00. The van der Waals surface area contributed by atoms with Gasteiger partial charge in [0.05, 0.1) is 0 Å². The van der Waals surface area contributed by atoms with Crippen molar-refractivity contribution in [3.63, 3.8) is 0 Å². The van der Waals surface area contributed by atoms with Crippen LogP contribution in [0.25, 0.3) is 0 Å². The summed E-state index contributed by atoms with van der Waals surface area (Å²) in [6.07, 6.45) is 5.73. The highest BCUT2D eigenvalue weighted by atomic mass is 15.3. The summed E-state index contributed by atoms with van der Waals surface area (Å²) >= 11 is 0. The molecule has 0 aromatic heterocycles. The third-order valence-electron chi connectivity index (χ3n) is 4.73. The van der Waals surface area contributed by atoms with Crippen LogP contribution in [0.5, 0.6) is 0 Å². The Morgan fingerprint density at radius 3 is 1.56 bits per heavy atom. The topological polar surface area (TPSA) is 3.24 Å². The summed E-state index contributed by atoms with van der Waals surface area (Å²) in [5.41, 5.74) is 0.875. The molecule has 2 aliphatic heterocycles. The molecule has 0 aliphatic carbocycles. The van der Waals surface area contributed by atoms with E-state index in [0.717, 1.165) is 18.0 Å². The van der Waals surface area contributed by atoms with Gasteiger partial charge in [0.25, 0.3) is 0 Å². The van der Waals surface area contributed by atoms with Crippen molar-refractivity contribution in [1.29, 1.82) is 0 Å². The van der Waals surface area contributed by atoms with Crippen molar-refractivity contribution in [2.24, 2.45) is 11.3 Å². The van der Waals surface area contributed by atoms with Crippen molar-refractivity contribution < 1.29 is 0 Å². The molecule has 0 aromatic rings. The maximum Gasteiger partial charge on any atom is 0.0130 e. The van der Waals surface area contributed by atoms with Crippen molar-refractivity contribution in [3.8, 4) is 0 Å². The number of hydrogen-bond acceptors (Lipinski definition) is 1. The van der Waals surface area contributed by atoms with Crippen LogP contribution in [0.2, 0.25) is 0 Å². The monoisotopic (exact) mass is 223 g/mol. The van der Waals surface area contributed by atoms with E-state index in [1.54, 1.807) is 0 Å². The minimum atomic E-state index is 0.370. The molecule has 94 valence electrons. The van der Waals surface area contributed by atoms with Gasteiger partial charge in [-0.1, -0.05) is 20.8 Å². The Labute approximate surface area is 102 Å². The van der Waals surface area contributed by atoms with E-state index in [1.807, 2.05) is 0 Å². The lowest BCUT2D eigenvalue weighted by molar-refractivity contribution is -0.00409. The Hall–Kier alpha value is -0.0400. The van der Waals surface area contributed by atoms with Gasteiger partial charge in [-0.2, -0.15) is 0 Å². The van der Waals surface area contributed by atoms with E-state index in [-0.39, 0.29) is 0 Å². The average Bonchev–Trinajstić information content (AvgIpc) is 2.35. The predicted molar refractivity (Wildman–Crippen MR) is 70.6 cm³/mol. The fourth-order valence-corrected chi connectivity index (χ4v) is 3.98. The zero-order chi connectivity index (χ0) is 12.1. The Kier molecular flexibility index (Phi) is 2.89. The van der Waals surface area contributed by atoms with E-state index in [0.29, 0.717) is 11.0 Å². The normalized spacial score (nSPS) is 36.8.